The third-order valence-corrected chi connectivity index (χ3v) is 6.48. The summed E-state index contributed by atoms with van der Waals surface area (Å²) in [5, 5.41) is 21.1. The maximum atomic E-state index is 15.1. The van der Waals surface area contributed by atoms with Crippen molar-refractivity contribution in [2.75, 3.05) is 31.5 Å². The zero-order valence-electron chi connectivity index (χ0n) is 20.4. The van der Waals surface area contributed by atoms with E-state index in [1.54, 1.807) is 27.7 Å². The summed E-state index contributed by atoms with van der Waals surface area (Å²) in [7, 11) is 0. The third-order valence-electron chi connectivity index (χ3n) is 6.48. The zero-order valence-corrected chi connectivity index (χ0v) is 20.4. The standard InChI is InChI=1S/C25H26FN9O3/c26-17-10-14(24(37)34-8-1-6-27-7-9-34)2-5-18(17)30-20-12-21(29-16-3-4-16)35-22(32-20)15(13-28-35)11-19-23(36)33-25(38)31-19/h2,5,10-13,16,27,30,36H,1,3-4,6-9H2,(H2,31,33,38). The van der Waals surface area contributed by atoms with Gasteiger partial charge in [-0.25, -0.2) is 14.2 Å². The lowest BCUT2D eigenvalue weighted by molar-refractivity contribution is 0.0766. The summed E-state index contributed by atoms with van der Waals surface area (Å²) in [6, 6.07) is 6.23. The summed E-state index contributed by atoms with van der Waals surface area (Å²) >= 11 is 0. The van der Waals surface area contributed by atoms with Crippen LogP contribution in [-0.2, 0) is 0 Å². The predicted octanol–water partition coefficient (Wildman–Crippen LogP) is 0.380. The number of nitrogens with one attached hydrogen (secondary N) is 4. The fourth-order valence-electron chi connectivity index (χ4n) is 4.38. The summed E-state index contributed by atoms with van der Waals surface area (Å²) in [6.45, 7) is 2.78. The lowest BCUT2D eigenvalue weighted by atomic mass is 10.1. The van der Waals surface area contributed by atoms with Gasteiger partial charge >= 0.3 is 5.69 Å². The number of carbonyl (C=O) groups excluding carboxylic acids is 1. The first kappa shape index (κ1) is 23.9. The first-order valence-corrected chi connectivity index (χ1v) is 12.5. The molecule has 2 fully saturated rings. The van der Waals surface area contributed by atoms with E-state index in [0.29, 0.717) is 41.8 Å². The van der Waals surface area contributed by atoms with Crippen molar-refractivity contribution >= 4 is 29.1 Å². The van der Waals surface area contributed by atoms with Crippen LogP contribution in [0.3, 0.4) is 0 Å². The topological polar surface area (TPSA) is 156 Å². The van der Waals surface area contributed by atoms with Gasteiger partial charge in [0.2, 0.25) is 5.88 Å². The van der Waals surface area contributed by atoms with Crippen LogP contribution >= 0.6 is 0 Å². The van der Waals surface area contributed by atoms with E-state index in [-0.39, 0.29) is 34.8 Å². The Kier molecular flexibility index (Phi) is 6.12. The molecule has 4 heterocycles. The second kappa shape index (κ2) is 9.74. The summed E-state index contributed by atoms with van der Waals surface area (Å²) < 4.78 is 16.7. The molecule has 196 valence electrons. The smallest absolute Gasteiger partial charge is 0.326 e. The van der Waals surface area contributed by atoms with Gasteiger partial charge in [0.15, 0.2) is 11.1 Å². The molecule has 12 nitrogen and oxygen atoms in total. The van der Waals surface area contributed by atoms with E-state index in [9.17, 15) is 14.7 Å². The number of rotatable bonds is 5. The SMILES string of the molecule is O=C(c1ccc(Nc2cc(=NC3CC3)n3ncc(=Cc4[nH]c(=O)[nH]c4O)c3n2)c(F)c1)N1CCCNCC1. The van der Waals surface area contributed by atoms with Gasteiger partial charge in [-0.15, -0.1) is 0 Å². The van der Waals surface area contributed by atoms with Crippen molar-refractivity contribution in [1.29, 1.82) is 0 Å². The minimum Gasteiger partial charge on any atom is -0.493 e. The van der Waals surface area contributed by atoms with Gasteiger partial charge in [0.05, 0.1) is 17.9 Å². The number of hydrogen-bond donors (Lipinski definition) is 5. The Balaban J connectivity index is 1.35. The van der Waals surface area contributed by atoms with Gasteiger partial charge in [0.1, 0.15) is 17.3 Å². The van der Waals surface area contributed by atoms with Gasteiger partial charge in [-0.2, -0.15) is 9.61 Å². The van der Waals surface area contributed by atoms with E-state index >= 15 is 4.39 Å². The third kappa shape index (κ3) is 4.87. The number of benzene rings is 1. The summed E-state index contributed by atoms with van der Waals surface area (Å²) in [4.78, 5) is 40.2. The van der Waals surface area contributed by atoms with E-state index in [1.165, 1.54) is 18.2 Å². The Bertz CT molecular complexity index is 1700. The number of fused-ring (bicyclic) bond motifs is 1. The van der Waals surface area contributed by atoms with Crippen molar-refractivity contribution in [1.82, 2.24) is 34.8 Å². The van der Waals surface area contributed by atoms with Crippen molar-refractivity contribution < 1.29 is 14.3 Å². The number of imidazole rings is 1. The number of nitrogens with zero attached hydrogens (tertiary/aromatic N) is 5. The first-order valence-electron chi connectivity index (χ1n) is 12.5. The molecule has 0 unspecified atom stereocenters. The molecule has 1 aliphatic heterocycles. The Labute approximate surface area is 214 Å². The molecule has 13 heteroatoms. The number of anilines is 2. The second-order valence-electron chi connectivity index (χ2n) is 9.40. The highest BCUT2D eigenvalue weighted by molar-refractivity contribution is 5.94. The van der Waals surface area contributed by atoms with Crippen molar-refractivity contribution in [3.63, 3.8) is 0 Å². The molecular weight excluding hydrogens is 493 g/mol. The lowest BCUT2D eigenvalue weighted by Gasteiger charge is -2.20. The fraction of sp³-hybridized carbons (Fsp3) is 0.320. The predicted molar refractivity (Wildman–Crippen MR) is 137 cm³/mol. The molecule has 6 rings (SSSR count). The number of aromatic nitrogens is 5. The molecule has 3 aromatic heterocycles. The minimum atomic E-state index is -0.582. The quantitative estimate of drug-likeness (QED) is 0.255. The Morgan fingerprint density at radius 1 is 1.21 bits per heavy atom. The van der Waals surface area contributed by atoms with Gasteiger partial charge in [-0.1, -0.05) is 0 Å². The zero-order chi connectivity index (χ0) is 26.2. The molecular formula is C25H26FN9O3. The van der Waals surface area contributed by atoms with Gasteiger partial charge in [0, 0.05) is 36.5 Å². The van der Waals surface area contributed by atoms with Crippen LogP contribution in [0.4, 0.5) is 15.9 Å². The van der Waals surface area contributed by atoms with Crippen LogP contribution in [0.15, 0.2) is 40.2 Å². The molecule has 4 aromatic rings. The largest absolute Gasteiger partial charge is 0.493 e. The van der Waals surface area contributed by atoms with Crippen LogP contribution in [0.25, 0.3) is 11.7 Å². The van der Waals surface area contributed by atoms with Gasteiger partial charge in [-0.3, -0.25) is 14.8 Å². The van der Waals surface area contributed by atoms with Crippen molar-refractivity contribution in [2.24, 2.45) is 4.99 Å². The number of aromatic amines is 2. The Hall–Kier alpha value is -4.52. The number of aromatic hydroxyl groups is 1. The molecule has 2 aliphatic rings. The molecule has 0 bridgehead atoms. The number of halogens is 1. The summed E-state index contributed by atoms with van der Waals surface area (Å²) in [5.74, 6) is -0.758. The molecule has 1 amide bonds. The Morgan fingerprint density at radius 2 is 2.08 bits per heavy atom. The number of hydrogen-bond acceptors (Lipinski definition) is 8. The average Bonchev–Trinajstić information content (AvgIpc) is 3.61. The molecule has 0 radical (unpaired) electrons. The summed E-state index contributed by atoms with van der Waals surface area (Å²) in [6.07, 6.45) is 5.88. The van der Waals surface area contributed by atoms with Crippen molar-refractivity contribution in [3.8, 4) is 5.88 Å². The molecule has 1 saturated carbocycles. The molecule has 0 atom stereocenters. The molecule has 0 spiro atoms. The second-order valence-corrected chi connectivity index (χ2v) is 9.40. The van der Waals surface area contributed by atoms with Gasteiger partial charge < -0.3 is 25.6 Å². The van der Waals surface area contributed by atoms with Crippen molar-refractivity contribution in [2.45, 2.75) is 25.3 Å². The monoisotopic (exact) mass is 519 g/mol. The number of H-pyrrole nitrogens is 2. The summed E-state index contributed by atoms with van der Waals surface area (Å²) in [5.41, 5.74) is 1.01. The van der Waals surface area contributed by atoms with E-state index in [0.717, 1.165) is 25.8 Å². The molecule has 1 aliphatic carbocycles. The molecule has 5 N–H and O–H groups in total. The van der Waals surface area contributed by atoms with Crippen LogP contribution in [0.1, 0.15) is 35.3 Å². The molecule has 1 saturated heterocycles. The van der Waals surface area contributed by atoms with Gasteiger partial charge in [0.25, 0.3) is 5.91 Å². The van der Waals surface area contributed by atoms with E-state index < -0.39 is 11.5 Å². The first-order chi connectivity index (χ1) is 18.4. The molecule has 1 aromatic carbocycles. The highest BCUT2D eigenvalue weighted by atomic mass is 19.1. The Morgan fingerprint density at radius 3 is 2.84 bits per heavy atom. The number of carbonyl (C=O) groups is 1. The average molecular weight is 520 g/mol. The normalized spacial score (nSPS) is 17.2. The highest BCUT2D eigenvalue weighted by Gasteiger charge is 2.21. The minimum absolute atomic E-state index is 0.158. The highest BCUT2D eigenvalue weighted by Crippen LogP contribution is 2.23. The van der Waals surface area contributed by atoms with Crippen LogP contribution in [-0.4, -0.2) is 72.7 Å². The van der Waals surface area contributed by atoms with Crippen molar-refractivity contribution in [3.05, 3.63) is 68.7 Å². The fourth-order valence-corrected chi connectivity index (χ4v) is 4.38. The van der Waals surface area contributed by atoms with Gasteiger partial charge in [-0.05, 0) is 50.1 Å². The van der Waals surface area contributed by atoms with Crippen LogP contribution in [0.5, 0.6) is 5.88 Å². The van der Waals surface area contributed by atoms with Crippen LogP contribution in [0, 0.1) is 5.82 Å². The maximum absolute atomic E-state index is 15.1. The maximum Gasteiger partial charge on any atom is 0.326 e. The van der Waals surface area contributed by atoms with E-state index in [1.807, 2.05) is 0 Å². The van der Waals surface area contributed by atoms with Crippen LogP contribution in [0.2, 0.25) is 0 Å². The number of amides is 1. The lowest BCUT2D eigenvalue weighted by Crippen LogP contribution is -2.34. The molecule has 38 heavy (non-hydrogen) atoms. The van der Waals surface area contributed by atoms with E-state index in [4.69, 9.17) is 4.99 Å². The van der Waals surface area contributed by atoms with Crippen LogP contribution < -0.4 is 27.0 Å². The van der Waals surface area contributed by atoms with E-state index in [2.05, 4.69) is 30.7 Å².